The second kappa shape index (κ2) is 9.26. The number of rotatable bonds is 5. The molecule has 3 rings (SSSR count). The van der Waals surface area contributed by atoms with Gasteiger partial charge in [-0.3, -0.25) is 4.79 Å². The van der Waals surface area contributed by atoms with Gasteiger partial charge in [-0.15, -0.1) is 12.4 Å². The van der Waals surface area contributed by atoms with Gasteiger partial charge in [-0.1, -0.05) is 0 Å². The Kier molecular flexibility index (Phi) is 7.06. The molecule has 1 fully saturated rings. The molecule has 0 atom stereocenters. The van der Waals surface area contributed by atoms with Crippen LogP contribution in [0, 0.1) is 0 Å². The summed E-state index contributed by atoms with van der Waals surface area (Å²) in [5, 5.41) is 6.12. The van der Waals surface area contributed by atoms with E-state index in [1.54, 1.807) is 31.5 Å². The third kappa shape index (κ3) is 4.56. The quantitative estimate of drug-likeness (QED) is 0.830. The van der Waals surface area contributed by atoms with Crippen LogP contribution in [0.25, 0.3) is 0 Å². The van der Waals surface area contributed by atoms with Crippen molar-refractivity contribution in [3.05, 3.63) is 42.1 Å². The number of carbonyl (C=O) groups is 1. The number of piperazine rings is 1. The molecule has 2 heterocycles. The summed E-state index contributed by atoms with van der Waals surface area (Å²) in [5.74, 6) is 1.27. The zero-order valence-corrected chi connectivity index (χ0v) is 15.6. The average Bonchev–Trinajstić information content (AvgIpc) is 2.68. The number of methoxy groups -OCH3 is 2. The predicted molar refractivity (Wildman–Crippen MR) is 104 cm³/mol. The zero-order chi connectivity index (χ0) is 17.6. The number of halogens is 1. The fraction of sp³-hybridized carbons (Fsp3) is 0.333. The topological polar surface area (TPSA) is 75.7 Å². The molecule has 0 unspecified atom stereocenters. The molecule has 1 aliphatic rings. The Morgan fingerprint density at radius 1 is 1.15 bits per heavy atom. The Balaban J connectivity index is 0.00000243. The van der Waals surface area contributed by atoms with E-state index >= 15 is 0 Å². The smallest absolute Gasteiger partial charge is 0.260 e. The molecule has 0 saturated carbocycles. The first-order valence-corrected chi connectivity index (χ1v) is 8.16. The van der Waals surface area contributed by atoms with Gasteiger partial charge >= 0.3 is 0 Å². The highest BCUT2D eigenvalue weighted by molar-refractivity contribution is 6.06. The Bertz CT molecular complexity index is 734. The van der Waals surface area contributed by atoms with Crippen LogP contribution in [-0.2, 0) is 0 Å². The Labute approximate surface area is 159 Å². The molecule has 7 nitrogen and oxygen atoms in total. The molecule has 2 aromatic rings. The van der Waals surface area contributed by atoms with E-state index in [2.05, 4.69) is 20.5 Å². The van der Waals surface area contributed by atoms with Gasteiger partial charge in [0.1, 0.15) is 17.3 Å². The van der Waals surface area contributed by atoms with Crippen LogP contribution in [0.5, 0.6) is 11.5 Å². The Morgan fingerprint density at radius 3 is 2.54 bits per heavy atom. The van der Waals surface area contributed by atoms with Crippen molar-refractivity contribution in [2.24, 2.45) is 0 Å². The number of hydrogen-bond donors (Lipinski definition) is 2. The van der Waals surface area contributed by atoms with Gasteiger partial charge in [0.15, 0.2) is 0 Å². The summed E-state index contributed by atoms with van der Waals surface area (Å²) in [4.78, 5) is 19.2. The third-order valence-electron chi connectivity index (χ3n) is 4.12. The number of nitrogens with zero attached hydrogens (tertiary/aromatic N) is 2. The second-order valence-electron chi connectivity index (χ2n) is 5.66. The van der Waals surface area contributed by atoms with E-state index in [1.165, 1.54) is 7.11 Å². The van der Waals surface area contributed by atoms with Gasteiger partial charge in [-0.05, 0) is 30.3 Å². The Morgan fingerprint density at radius 2 is 1.92 bits per heavy atom. The number of hydrogen-bond acceptors (Lipinski definition) is 6. The molecule has 0 radical (unpaired) electrons. The van der Waals surface area contributed by atoms with E-state index in [0.717, 1.165) is 31.9 Å². The van der Waals surface area contributed by atoms with Crippen LogP contribution >= 0.6 is 12.4 Å². The highest BCUT2D eigenvalue weighted by atomic mass is 35.5. The molecule has 140 valence electrons. The van der Waals surface area contributed by atoms with E-state index in [-0.39, 0.29) is 18.3 Å². The van der Waals surface area contributed by atoms with Crippen molar-refractivity contribution in [1.82, 2.24) is 10.3 Å². The third-order valence-corrected chi connectivity index (χ3v) is 4.12. The maximum Gasteiger partial charge on any atom is 0.260 e. The van der Waals surface area contributed by atoms with Crippen molar-refractivity contribution in [2.45, 2.75) is 0 Å². The summed E-state index contributed by atoms with van der Waals surface area (Å²) in [6.07, 6.45) is 1.78. The van der Waals surface area contributed by atoms with Crippen molar-refractivity contribution in [1.29, 1.82) is 0 Å². The minimum absolute atomic E-state index is 0. The minimum atomic E-state index is -0.293. The van der Waals surface area contributed by atoms with Crippen LogP contribution < -0.4 is 25.0 Å². The van der Waals surface area contributed by atoms with Crippen molar-refractivity contribution in [2.75, 3.05) is 50.6 Å². The van der Waals surface area contributed by atoms with Crippen LogP contribution in [0.1, 0.15) is 10.4 Å². The second-order valence-corrected chi connectivity index (χ2v) is 5.66. The lowest BCUT2D eigenvalue weighted by Crippen LogP contribution is -2.43. The monoisotopic (exact) mass is 378 g/mol. The molecule has 0 spiro atoms. The number of pyridine rings is 1. The van der Waals surface area contributed by atoms with Gasteiger partial charge in [-0.2, -0.15) is 0 Å². The maximum absolute atomic E-state index is 12.5. The molecule has 1 aromatic carbocycles. The highest BCUT2D eigenvalue weighted by Crippen LogP contribution is 2.25. The number of nitrogens with one attached hydrogen (secondary N) is 2. The van der Waals surface area contributed by atoms with Crippen molar-refractivity contribution < 1.29 is 14.3 Å². The van der Waals surface area contributed by atoms with Crippen LogP contribution in [0.15, 0.2) is 36.5 Å². The molecule has 0 aliphatic carbocycles. The predicted octanol–water partition coefficient (Wildman–Crippen LogP) is 2.18. The maximum atomic E-state index is 12.5. The summed E-state index contributed by atoms with van der Waals surface area (Å²) in [7, 11) is 3.08. The number of anilines is 2. The van der Waals surface area contributed by atoms with Crippen molar-refractivity contribution in [3.8, 4) is 11.5 Å². The van der Waals surface area contributed by atoms with Crippen molar-refractivity contribution >= 4 is 29.8 Å². The van der Waals surface area contributed by atoms with E-state index in [0.29, 0.717) is 22.9 Å². The summed E-state index contributed by atoms with van der Waals surface area (Å²) >= 11 is 0. The molecular formula is C18H23ClN4O3. The molecule has 1 aliphatic heterocycles. The molecular weight excluding hydrogens is 356 g/mol. The summed E-state index contributed by atoms with van der Waals surface area (Å²) < 4.78 is 10.4. The van der Waals surface area contributed by atoms with Gasteiger partial charge in [0.25, 0.3) is 5.91 Å². The van der Waals surface area contributed by atoms with Gasteiger partial charge in [0.2, 0.25) is 0 Å². The fourth-order valence-electron chi connectivity index (χ4n) is 2.75. The molecule has 0 bridgehead atoms. The van der Waals surface area contributed by atoms with Crippen LogP contribution in [0.4, 0.5) is 11.5 Å². The lowest BCUT2D eigenvalue weighted by atomic mass is 10.1. The lowest BCUT2D eigenvalue weighted by molar-refractivity contribution is 0.102. The molecule has 26 heavy (non-hydrogen) atoms. The molecule has 1 amide bonds. The SMILES string of the molecule is COc1ccc(OC)c(C(=O)Nc2ccc(N3CCNCC3)cn2)c1.Cl. The van der Waals surface area contributed by atoms with Crippen molar-refractivity contribution in [3.63, 3.8) is 0 Å². The van der Waals surface area contributed by atoms with Gasteiger partial charge in [0, 0.05) is 26.2 Å². The summed E-state index contributed by atoms with van der Waals surface area (Å²) in [6.45, 7) is 3.84. The molecule has 2 N–H and O–H groups in total. The number of amides is 1. The molecule has 1 saturated heterocycles. The van der Waals surface area contributed by atoms with Crippen LogP contribution in [0.2, 0.25) is 0 Å². The fourth-order valence-corrected chi connectivity index (χ4v) is 2.75. The first kappa shape index (κ1) is 19.8. The van der Waals surface area contributed by atoms with E-state index in [9.17, 15) is 4.79 Å². The van der Waals surface area contributed by atoms with Gasteiger partial charge in [0.05, 0.1) is 31.7 Å². The number of ether oxygens (including phenoxy) is 2. The van der Waals surface area contributed by atoms with Gasteiger partial charge in [-0.25, -0.2) is 4.98 Å². The molecule has 1 aromatic heterocycles. The first-order valence-electron chi connectivity index (χ1n) is 8.16. The first-order chi connectivity index (χ1) is 12.2. The largest absolute Gasteiger partial charge is 0.497 e. The molecule has 8 heteroatoms. The Hall–Kier alpha value is -2.51. The zero-order valence-electron chi connectivity index (χ0n) is 14.8. The van der Waals surface area contributed by atoms with Gasteiger partial charge < -0.3 is 25.0 Å². The minimum Gasteiger partial charge on any atom is -0.497 e. The standard InChI is InChI=1S/C18H22N4O3.ClH/c1-24-14-4-5-16(25-2)15(11-14)18(23)21-17-6-3-13(12-20-17)22-9-7-19-8-10-22;/h3-6,11-12,19H,7-10H2,1-2H3,(H,20,21,23);1H. The number of carbonyl (C=O) groups excluding carboxylic acids is 1. The number of aromatic nitrogens is 1. The lowest BCUT2D eigenvalue weighted by Gasteiger charge is -2.29. The van der Waals surface area contributed by atoms with E-state index in [1.807, 2.05) is 12.1 Å². The van der Waals surface area contributed by atoms with E-state index < -0.39 is 0 Å². The average molecular weight is 379 g/mol. The van der Waals surface area contributed by atoms with Crippen LogP contribution in [-0.4, -0.2) is 51.3 Å². The van der Waals surface area contributed by atoms with Crippen LogP contribution in [0.3, 0.4) is 0 Å². The van der Waals surface area contributed by atoms with E-state index in [4.69, 9.17) is 9.47 Å². The summed E-state index contributed by atoms with van der Waals surface area (Å²) in [5.41, 5.74) is 1.45. The normalized spacial score (nSPS) is 13.5. The number of benzene rings is 1. The summed E-state index contributed by atoms with van der Waals surface area (Å²) in [6, 6.07) is 8.87. The highest BCUT2D eigenvalue weighted by Gasteiger charge is 2.15.